The number of nitrogens with zero attached hydrogens (tertiary/aromatic N) is 4. The lowest BCUT2D eigenvalue weighted by atomic mass is 10.2. The van der Waals surface area contributed by atoms with Gasteiger partial charge in [0.1, 0.15) is 17.3 Å². The van der Waals surface area contributed by atoms with Crippen molar-refractivity contribution in [2.75, 3.05) is 46.2 Å². The summed E-state index contributed by atoms with van der Waals surface area (Å²) in [5.74, 6) is 2.43. The molecule has 2 aromatic heterocycles. The van der Waals surface area contributed by atoms with Crippen molar-refractivity contribution in [3.63, 3.8) is 0 Å². The Morgan fingerprint density at radius 2 is 1.83 bits per heavy atom. The maximum atomic E-state index is 12.9. The predicted octanol–water partition coefficient (Wildman–Crippen LogP) is 2.25. The van der Waals surface area contributed by atoms with Crippen molar-refractivity contribution < 1.29 is 9.21 Å². The van der Waals surface area contributed by atoms with Crippen LogP contribution in [0.25, 0.3) is 0 Å². The Morgan fingerprint density at radius 3 is 2.33 bits per heavy atom. The van der Waals surface area contributed by atoms with Crippen molar-refractivity contribution in [1.29, 1.82) is 0 Å². The summed E-state index contributed by atoms with van der Waals surface area (Å²) in [7, 11) is 7.83. The average molecular weight is 330 g/mol. The van der Waals surface area contributed by atoms with E-state index in [1.54, 1.807) is 11.1 Å². The van der Waals surface area contributed by atoms with Gasteiger partial charge in [-0.2, -0.15) is 0 Å². The van der Waals surface area contributed by atoms with Crippen LogP contribution in [0.5, 0.6) is 0 Å². The first-order chi connectivity index (χ1) is 11.4. The van der Waals surface area contributed by atoms with E-state index in [2.05, 4.69) is 9.88 Å². The predicted molar refractivity (Wildman–Crippen MR) is 95.3 cm³/mol. The number of carbonyl (C=O) groups excluding carboxylic acids is 1. The molecule has 0 aliphatic rings. The fourth-order valence-electron chi connectivity index (χ4n) is 2.29. The highest BCUT2D eigenvalue weighted by molar-refractivity contribution is 5.94. The van der Waals surface area contributed by atoms with E-state index >= 15 is 0 Å². The molecule has 0 unspecified atom stereocenters. The molecule has 0 atom stereocenters. The molecule has 0 aliphatic carbocycles. The highest BCUT2D eigenvalue weighted by Crippen LogP contribution is 2.14. The Bertz CT molecular complexity index is 662. The van der Waals surface area contributed by atoms with Gasteiger partial charge in [-0.1, -0.05) is 0 Å². The Labute approximate surface area is 143 Å². The van der Waals surface area contributed by atoms with Crippen molar-refractivity contribution >= 4 is 11.7 Å². The summed E-state index contributed by atoms with van der Waals surface area (Å²) in [5, 5.41) is 0. The van der Waals surface area contributed by atoms with Gasteiger partial charge in [-0.3, -0.25) is 4.79 Å². The van der Waals surface area contributed by atoms with Crippen molar-refractivity contribution in [2.45, 2.75) is 13.5 Å². The maximum Gasteiger partial charge on any atom is 0.255 e. The smallest absolute Gasteiger partial charge is 0.255 e. The number of carbonyl (C=O) groups is 1. The summed E-state index contributed by atoms with van der Waals surface area (Å²) in [6.07, 6.45) is 1.63. The van der Waals surface area contributed by atoms with Crippen molar-refractivity contribution in [3.05, 3.63) is 47.5 Å². The maximum absolute atomic E-state index is 12.9. The summed E-state index contributed by atoms with van der Waals surface area (Å²) in [5.41, 5.74) is 0.586. The minimum Gasteiger partial charge on any atom is -0.464 e. The molecule has 0 saturated carbocycles. The van der Waals surface area contributed by atoms with Crippen LogP contribution >= 0.6 is 0 Å². The Kier molecular flexibility index (Phi) is 5.98. The summed E-state index contributed by atoms with van der Waals surface area (Å²) in [6, 6.07) is 7.51. The largest absolute Gasteiger partial charge is 0.464 e. The lowest BCUT2D eigenvalue weighted by Crippen LogP contribution is -2.36. The second kappa shape index (κ2) is 7.97. The monoisotopic (exact) mass is 330 g/mol. The lowest BCUT2D eigenvalue weighted by molar-refractivity contribution is 0.0719. The highest BCUT2D eigenvalue weighted by atomic mass is 16.3. The number of aryl methyl sites for hydroxylation is 1. The van der Waals surface area contributed by atoms with Gasteiger partial charge in [0, 0.05) is 33.4 Å². The van der Waals surface area contributed by atoms with Crippen LogP contribution in [0.4, 0.5) is 5.82 Å². The van der Waals surface area contributed by atoms with Crippen LogP contribution in [0.2, 0.25) is 0 Å². The molecule has 1 amide bonds. The molecular formula is C18H26N4O2. The van der Waals surface area contributed by atoms with E-state index in [0.717, 1.165) is 23.9 Å². The second-order valence-electron chi connectivity index (χ2n) is 6.34. The molecule has 0 radical (unpaired) electrons. The number of furan rings is 1. The highest BCUT2D eigenvalue weighted by Gasteiger charge is 2.18. The summed E-state index contributed by atoms with van der Waals surface area (Å²) in [4.78, 5) is 23.0. The van der Waals surface area contributed by atoms with E-state index in [1.165, 1.54) is 0 Å². The molecule has 0 bridgehead atoms. The van der Waals surface area contributed by atoms with Crippen LogP contribution in [0.1, 0.15) is 21.9 Å². The minimum atomic E-state index is -0.0382. The van der Waals surface area contributed by atoms with Crippen LogP contribution in [-0.4, -0.2) is 62.0 Å². The third-order valence-corrected chi connectivity index (χ3v) is 3.70. The molecule has 0 fully saturated rings. The molecule has 0 saturated heterocycles. The lowest BCUT2D eigenvalue weighted by Gasteiger charge is -2.23. The second-order valence-corrected chi connectivity index (χ2v) is 6.34. The van der Waals surface area contributed by atoms with Crippen LogP contribution in [0.15, 0.2) is 34.9 Å². The van der Waals surface area contributed by atoms with E-state index in [9.17, 15) is 4.79 Å². The Balaban J connectivity index is 2.16. The van der Waals surface area contributed by atoms with Crippen LogP contribution in [-0.2, 0) is 6.54 Å². The molecule has 2 aromatic rings. The fourth-order valence-corrected chi connectivity index (χ4v) is 2.29. The number of hydrogen-bond donors (Lipinski definition) is 0. The Hall–Kier alpha value is -2.34. The van der Waals surface area contributed by atoms with Crippen molar-refractivity contribution in [3.8, 4) is 0 Å². The third-order valence-electron chi connectivity index (χ3n) is 3.70. The standard InChI is InChI=1S/C18H26N4O2/c1-14-6-8-16(24-14)13-22(11-10-20(2)3)18(23)15-7-9-17(19-12-15)21(4)5/h6-9,12H,10-11,13H2,1-5H3. The molecule has 2 rings (SSSR count). The zero-order chi connectivity index (χ0) is 17.7. The zero-order valence-corrected chi connectivity index (χ0v) is 15.1. The normalized spacial score (nSPS) is 10.9. The number of amides is 1. The first kappa shape index (κ1) is 18.0. The van der Waals surface area contributed by atoms with Gasteiger partial charge in [0.05, 0.1) is 12.1 Å². The molecule has 0 aliphatic heterocycles. The first-order valence-electron chi connectivity index (χ1n) is 7.99. The average Bonchev–Trinajstić information content (AvgIpc) is 2.95. The number of likely N-dealkylation sites (N-methyl/N-ethyl adjacent to an activating group) is 1. The van der Waals surface area contributed by atoms with E-state index < -0.39 is 0 Å². The number of pyridine rings is 1. The SMILES string of the molecule is Cc1ccc(CN(CCN(C)C)C(=O)c2ccc(N(C)C)nc2)o1. The quantitative estimate of drug-likeness (QED) is 0.779. The van der Waals surface area contributed by atoms with Gasteiger partial charge in [0.2, 0.25) is 0 Å². The number of anilines is 1. The molecule has 130 valence electrons. The molecule has 0 N–H and O–H groups in total. The van der Waals surface area contributed by atoms with Gasteiger partial charge < -0.3 is 19.1 Å². The summed E-state index contributed by atoms with van der Waals surface area (Å²) < 4.78 is 5.63. The number of aromatic nitrogens is 1. The molecule has 6 nitrogen and oxygen atoms in total. The minimum absolute atomic E-state index is 0.0382. The van der Waals surface area contributed by atoms with E-state index in [-0.39, 0.29) is 5.91 Å². The van der Waals surface area contributed by atoms with E-state index in [0.29, 0.717) is 18.7 Å². The molecule has 6 heteroatoms. The number of rotatable bonds is 7. The van der Waals surface area contributed by atoms with E-state index in [4.69, 9.17) is 4.42 Å². The van der Waals surface area contributed by atoms with Gasteiger partial charge in [-0.25, -0.2) is 4.98 Å². The zero-order valence-electron chi connectivity index (χ0n) is 15.1. The van der Waals surface area contributed by atoms with Crippen LogP contribution in [0, 0.1) is 6.92 Å². The summed E-state index contributed by atoms with van der Waals surface area (Å²) >= 11 is 0. The van der Waals surface area contributed by atoms with Crippen LogP contribution in [0.3, 0.4) is 0 Å². The number of hydrogen-bond acceptors (Lipinski definition) is 5. The molecule has 2 heterocycles. The molecule has 0 aromatic carbocycles. The molecular weight excluding hydrogens is 304 g/mol. The molecule has 24 heavy (non-hydrogen) atoms. The van der Waals surface area contributed by atoms with Crippen molar-refractivity contribution in [2.24, 2.45) is 0 Å². The van der Waals surface area contributed by atoms with Gasteiger partial charge in [-0.05, 0) is 45.3 Å². The van der Waals surface area contributed by atoms with Crippen molar-refractivity contribution in [1.82, 2.24) is 14.8 Å². The summed E-state index contributed by atoms with van der Waals surface area (Å²) in [6.45, 7) is 3.77. The van der Waals surface area contributed by atoms with Gasteiger partial charge >= 0.3 is 0 Å². The Morgan fingerprint density at radius 1 is 1.08 bits per heavy atom. The fraction of sp³-hybridized carbons (Fsp3) is 0.444. The third kappa shape index (κ3) is 4.83. The van der Waals surface area contributed by atoms with Gasteiger partial charge in [0.15, 0.2) is 0 Å². The topological polar surface area (TPSA) is 52.8 Å². The van der Waals surface area contributed by atoms with E-state index in [1.807, 2.05) is 64.3 Å². The molecule has 0 spiro atoms. The van der Waals surface area contributed by atoms with Gasteiger partial charge in [-0.15, -0.1) is 0 Å². The van der Waals surface area contributed by atoms with Gasteiger partial charge in [0.25, 0.3) is 5.91 Å². The van der Waals surface area contributed by atoms with Crippen LogP contribution < -0.4 is 4.90 Å². The first-order valence-corrected chi connectivity index (χ1v) is 7.99.